The number of amides is 2. The van der Waals surface area contributed by atoms with Gasteiger partial charge in [-0.25, -0.2) is 0 Å². The van der Waals surface area contributed by atoms with Crippen molar-refractivity contribution in [1.29, 1.82) is 0 Å². The number of halogens is 1. The van der Waals surface area contributed by atoms with Crippen molar-refractivity contribution in [3.8, 4) is 0 Å². The summed E-state index contributed by atoms with van der Waals surface area (Å²) < 4.78 is 0.348. The molecule has 2 N–H and O–H groups in total. The van der Waals surface area contributed by atoms with Crippen LogP contribution in [0, 0.1) is 10.1 Å². The van der Waals surface area contributed by atoms with E-state index in [9.17, 15) is 19.7 Å². The van der Waals surface area contributed by atoms with Crippen LogP contribution >= 0.6 is 22.9 Å². The fraction of sp³-hybridized carbons (Fsp3) is 0.154. The number of carbonyl (C=O) groups excluding carboxylic acids is 2. The van der Waals surface area contributed by atoms with Gasteiger partial charge in [-0.3, -0.25) is 19.7 Å². The number of nitrogens with one attached hydrogen (secondary N) is 2. The quantitative estimate of drug-likeness (QED) is 0.219. The van der Waals surface area contributed by atoms with E-state index in [4.69, 9.17) is 11.6 Å². The molecule has 0 saturated heterocycles. The van der Waals surface area contributed by atoms with Crippen molar-refractivity contribution in [3.63, 3.8) is 0 Å². The first-order chi connectivity index (χ1) is 16.5. The highest BCUT2D eigenvalue weighted by Gasteiger charge is 2.23. The van der Waals surface area contributed by atoms with Crippen LogP contribution in [0.4, 0.5) is 17.1 Å². The highest BCUT2D eigenvalue weighted by molar-refractivity contribution is 7.22. The fourth-order valence-corrected chi connectivity index (χ4v) is 5.00. The molecule has 0 radical (unpaired) electrons. The third-order valence-electron chi connectivity index (χ3n) is 5.45. The number of benzene rings is 3. The number of hydrogen-bond donors (Lipinski definition) is 2. The summed E-state index contributed by atoms with van der Waals surface area (Å²) in [5.74, 6) is -0.706. The van der Waals surface area contributed by atoms with Gasteiger partial charge in [0.1, 0.15) is 9.58 Å². The number of anilines is 2. The molecule has 1 aromatic heterocycles. The molecule has 0 unspecified atom stereocenters. The molecule has 4 rings (SSSR count). The Morgan fingerprint density at radius 2 is 1.46 bits per heavy atom. The molecule has 0 atom stereocenters. The van der Waals surface area contributed by atoms with Crippen LogP contribution < -0.4 is 10.6 Å². The molecular weight excluding hydrogens is 486 g/mol. The van der Waals surface area contributed by atoms with Crippen LogP contribution in [-0.2, 0) is 5.41 Å². The van der Waals surface area contributed by atoms with Gasteiger partial charge in [0.05, 0.1) is 9.95 Å². The van der Waals surface area contributed by atoms with Crippen molar-refractivity contribution < 1.29 is 14.5 Å². The Hall–Kier alpha value is -3.75. The van der Waals surface area contributed by atoms with E-state index in [1.165, 1.54) is 12.1 Å². The maximum Gasteiger partial charge on any atom is 0.287 e. The Morgan fingerprint density at radius 1 is 0.886 bits per heavy atom. The van der Waals surface area contributed by atoms with E-state index in [1.807, 2.05) is 12.1 Å². The van der Waals surface area contributed by atoms with E-state index in [0.717, 1.165) is 16.9 Å². The van der Waals surface area contributed by atoms with Crippen molar-refractivity contribution in [2.24, 2.45) is 0 Å². The molecule has 0 fully saturated rings. The van der Waals surface area contributed by atoms with Crippen LogP contribution in [0.5, 0.6) is 0 Å². The predicted octanol–water partition coefficient (Wildman–Crippen LogP) is 7.27. The van der Waals surface area contributed by atoms with E-state index in [-0.39, 0.29) is 26.9 Å². The molecule has 4 aromatic rings. The number of thiophene rings is 1. The Bertz CT molecular complexity index is 1440. The molecule has 2 amide bonds. The second-order valence-corrected chi connectivity index (χ2v) is 10.4. The minimum Gasteiger partial charge on any atom is -0.322 e. The number of nitro groups is 1. The van der Waals surface area contributed by atoms with Gasteiger partial charge in [-0.15, -0.1) is 11.3 Å². The van der Waals surface area contributed by atoms with Crippen molar-refractivity contribution in [1.82, 2.24) is 0 Å². The van der Waals surface area contributed by atoms with Crippen LogP contribution in [-0.4, -0.2) is 16.7 Å². The molecule has 3 aromatic carbocycles. The SMILES string of the molecule is CC(C)(C)c1ccc(C(=O)Nc2ccc(NC(=O)c3sc4c([N+](=O)[O-])cccc4c3Cl)cc2)cc1. The topological polar surface area (TPSA) is 101 Å². The van der Waals surface area contributed by atoms with Gasteiger partial charge in [0.25, 0.3) is 17.5 Å². The van der Waals surface area contributed by atoms with Gasteiger partial charge in [-0.2, -0.15) is 0 Å². The second-order valence-electron chi connectivity index (χ2n) is 8.97. The van der Waals surface area contributed by atoms with Gasteiger partial charge in [-0.05, 0) is 47.4 Å². The zero-order valence-electron chi connectivity index (χ0n) is 19.2. The van der Waals surface area contributed by atoms with Crippen LogP contribution in [0.25, 0.3) is 10.1 Å². The summed E-state index contributed by atoms with van der Waals surface area (Å²) in [6.45, 7) is 6.34. The monoisotopic (exact) mass is 507 g/mol. The van der Waals surface area contributed by atoms with E-state index in [2.05, 4.69) is 31.4 Å². The van der Waals surface area contributed by atoms with Gasteiger partial charge in [0, 0.05) is 28.4 Å². The number of hydrogen-bond acceptors (Lipinski definition) is 5. The highest BCUT2D eigenvalue weighted by atomic mass is 35.5. The normalized spacial score (nSPS) is 11.3. The molecule has 0 bridgehead atoms. The summed E-state index contributed by atoms with van der Waals surface area (Å²) in [5, 5.41) is 17.5. The Balaban J connectivity index is 1.45. The van der Waals surface area contributed by atoms with E-state index in [0.29, 0.717) is 27.0 Å². The molecule has 9 heteroatoms. The number of fused-ring (bicyclic) bond motifs is 1. The summed E-state index contributed by atoms with van der Waals surface area (Å²) in [7, 11) is 0. The van der Waals surface area contributed by atoms with E-state index in [1.54, 1.807) is 42.5 Å². The molecule has 0 spiro atoms. The smallest absolute Gasteiger partial charge is 0.287 e. The van der Waals surface area contributed by atoms with Crippen molar-refractivity contribution >= 4 is 61.9 Å². The average Bonchev–Trinajstić information content (AvgIpc) is 3.16. The number of carbonyl (C=O) groups is 2. The van der Waals surface area contributed by atoms with Gasteiger partial charge >= 0.3 is 0 Å². The van der Waals surface area contributed by atoms with Crippen molar-refractivity contribution in [2.45, 2.75) is 26.2 Å². The molecule has 0 aliphatic heterocycles. The first-order valence-electron chi connectivity index (χ1n) is 10.7. The van der Waals surface area contributed by atoms with Gasteiger partial charge < -0.3 is 10.6 Å². The number of rotatable bonds is 5. The molecule has 1 heterocycles. The second kappa shape index (κ2) is 9.48. The molecule has 0 aliphatic rings. The van der Waals surface area contributed by atoms with Crippen molar-refractivity contribution in [3.05, 3.63) is 97.9 Å². The summed E-state index contributed by atoms with van der Waals surface area (Å²) in [6.07, 6.45) is 0. The van der Waals surface area contributed by atoms with E-state index >= 15 is 0 Å². The standard InChI is InChI=1S/C26H22ClN3O4S/c1-26(2,3)16-9-7-15(8-10-16)24(31)28-17-11-13-18(14-12-17)29-25(32)23-21(27)19-5-4-6-20(30(33)34)22(19)35-23/h4-14H,1-3H3,(H,28,31)(H,29,32). The molecule has 35 heavy (non-hydrogen) atoms. The van der Waals surface area contributed by atoms with Crippen LogP contribution in [0.2, 0.25) is 5.02 Å². The lowest BCUT2D eigenvalue weighted by Gasteiger charge is -2.19. The minimum atomic E-state index is -0.497. The number of nitrogens with zero attached hydrogens (tertiary/aromatic N) is 1. The lowest BCUT2D eigenvalue weighted by atomic mass is 9.87. The van der Waals surface area contributed by atoms with Gasteiger partial charge in [0.2, 0.25) is 0 Å². The number of non-ortho nitro benzene ring substituents is 1. The maximum atomic E-state index is 12.8. The summed E-state index contributed by atoms with van der Waals surface area (Å²) in [4.78, 5) is 36.4. The summed E-state index contributed by atoms with van der Waals surface area (Å²) in [5.41, 5.74) is 2.66. The Morgan fingerprint density at radius 3 is 2.00 bits per heavy atom. The highest BCUT2D eigenvalue weighted by Crippen LogP contribution is 2.40. The van der Waals surface area contributed by atoms with Crippen LogP contribution in [0.1, 0.15) is 46.4 Å². The number of nitro benzene ring substituents is 1. The predicted molar refractivity (Wildman–Crippen MR) is 141 cm³/mol. The molecule has 0 aliphatic carbocycles. The molecule has 0 saturated carbocycles. The van der Waals surface area contributed by atoms with Gasteiger partial charge in [-0.1, -0.05) is 56.6 Å². The van der Waals surface area contributed by atoms with Gasteiger partial charge in [0.15, 0.2) is 0 Å². The summed E-state index contributed by atoms with van der Waals surface area (Å²) in [6, 6.07) is 18.7. The Kier molecular flexibility index (Phi) is 6.60. The Labute approximate surface area is 210 Å². The first-order valence-corrected chi connectivity index (χ1v) is 11.9. The minimum absolute atomic E-state index is 0.00402. The zero-order chi connectivity index (χ0) is 25.3. The van der Waals surface area contributed by atoms with Crippen LogP contribution in [0.15, 0.2) is 66.7 Å². The maximum absolute atomic E-state index is 12.8. The molecule has 7 nitrogen and oxygen atoms in total. The van der Waals surface area contributed by atoms with E-state index < -0.39 is 10.8 Å². The largest absolute Gasteiger partial charge is 0.322 e. The first kappa shape index (κ1) is 24.4. The third kappa shape index (κ3) is 5.18. The lowest BCUT2D eigenvalue weighted by Crippen LogP contribution is -2.14. The zero-order valence-corrected chi connectivity index (χ0v) is 20.8. The molecule has 178 valence electrons. The lowest BCUT2D eigenvalue weighted by molar-refractivity contribution is -0.382. The average molecular weight is 508 g/mol. The summed E-state index contributed by atoms with van der Waals surface area (Å²) >= 11 is 7.32. The fourth-order valence-electron chi connectivity index (χ4n) is 3.51. The third-order valence-corrected chi connectivity index (χ3v) is 7.18. The molecular formula is C26H22ClN3O4S. The van der Waals surface area contributed by atoms with Crippen molar-refractivity contribution in [2.75, 3.05) is 10.6 Å². The van der Waals surface area contributed by atoms with Crippen LogP contribution in [0.3, 0.4) is 0 Å².